The molecule has 220 valence electrons. The second-order valence-corrected chi connectivity index (χ2v) is 11.0. The van der Waals surface area contributed by atoms with Crippen molar-refractivity contribution in [2.75, 3.05) is 7.11 Å². The molecule has 2 heterocycles. The molecule has 0 aliphatic carbocycles. The van der Waals surface area contributed by atoms with Crippen molar-refractivity contribution in [3.05, 3.63) is 131 Å². The third-order valence-corrected chi connectivity index (χ3v) is 7.73. The maximum absolute atomic E-state index is 13.9. The van der Waals surface area contributed by atoms with E-state index in [4.69, 9.17) is 14.2 Å². The van der Waals surface area contributed by atoms with Gasteiger partial charge in [0.05, 0.1) is 45.5 Å². The number of para-hydroxylation sites is 1. The smallest absolute Gasteiger partial charge is 0.338 e. The minimum absolute atomic E-state index is 0.127. The number of esters is 1. The zero-order valence-electron chi connectivity index (χ0n) is 24.0. The summed E-state index contributed by atoms with van der Waals surface area (Å²) in [5.74, 6) is 0.310. The molecule has 11 heteroatoms. The fourth-order valence-electron chi connectivity index (χ4n) is 4.80. The van der Waals surface area contributed by atoms with Gasteiger partial charge in [-0.05, 0) is 56.2 Å². The van der Waals surface area contributed by atoms with Crippen LogP contribution in [0.3, 0.4) is 0 Å². The Labute approximate surface area is 251 Å². The molecule has 1 atom stereocenters. The molecule has 1 aromatic heterocycles. The van der Waals surface area contributed by atoms with Crippen molar-refractivity contribution >= 4 is 29.1 Å². The standard InChI is InChI=1S/C32H29N3O7S/c1-19(2)42-31(37)28-20(3)33-32-34(30(36)27(43-32)17-22-12-8-9-13-24(22)35(38)39)29(28)23-14-15-25(26(16-23)40-4)41-18-21-10-6-5-7-11-21/h5-17,19,29H,18H2,1-4H3/b27-17-. The molecule has 1 aliphatic heterocycles. The molecule has 0 spiro atoms. The van der Waals surface area contributed by atoms with Crippen LogP contribution in [0, 0.1) is 10.1 Å². The first-order valence-electron chi connectivity index (χ1n) is 13.5. The van der Waals surface area contributed by atoms with E-state index in [0.717, 1.165) is 16.9 Å². The third-order valence-electron chi connectivity index (χ3n) is 6.74. The summed E-state index contributed by atoms with van der Waals surface area (Å²) < 4.78 is 18.9. The van der Waals surface area contributed by atoms with E-state index < -0.39 is 28.6 Å². The zero-order chi connectivity index (χ0) is 30.7. The van der Waals surface area contributed by atoms with Gasteiger partial charge in [0.2, 0.25) is 0 Å². The zero-order valence-corrected chi connectivity index (χ0v) is 24.8. The summed E-state index contributed by atoms with van der Waals surface area (Å²) in [6.45, 7) is 5.50. The minimum atomic E-state index is -0.896. The second-order valence-electron chi connectivity index (χ2n) is 10.0. The molecule has 1 unspecified atom stereocenters. The van der Waals surface area contributed by atoms with Crippen molar-refractivity contribution in [3.8, 4) is 11.5 Å². The van der Waals surface area contributed by atoms with Crippen LogP contribution in [0.25, 0.3) is 6.08 Å². The number of rotatable bonds is 9. The van der Waals surface area contributed by atoms with Gasteiger partial charge in [-0.2, -0.15) is 0 Å². The highest BCUT2D eigenvalue weighted by atomic mass is 32.1. The Morgan fingerprint density at radius 2 is 1.81 bits per heavy atom. The number of carbonyl (C=O) groups excluding carboxylic acids is 1. The number of methoxy groups -OCH3 is 1. The van der Waals surface area contributed by atoms with Crippen molar-refractivity contribution in [2.45, 2.75) is 39.5 Å². The Hall–Kier alpha value is -5.03. The summed E-state index contributed by atoms with van der Waals surface area (Å²) in [4.78, 5) is 43.4. The summed E-state index contributed by atoms with van der Waals surface area (Å²) in [6.07, 6.45) is 1.07. The highest BCUT2D eigenvalue weighted by molar-refractivity contribution is 7.07. The second kappa shape index (κ2) is 12.5. The van der Waals surface area contributed by atoms with Crippen molar-refractivity contribution in [2.24, 2.45) is 4.99 Å². The Balaban J connectivity index is 1.65. The summed E-state index contributed by atoms with van der Waals surface area (Å²) in [5.41, 5.74) is 1.88. The number of nitro groups is 1. The van der Waals surface area contributed by atoms with Gasteiger partial charge in [0.25, 0.3) is 11.2 Å². The summed E-state index contributed by atoms with van der Waals surface area (Å²) >= 11 is 1.09. The topological polar surface area (TPSA) is 122 Å². The predicted octanol–water partition coefficient (Wildman–Crippen LogP) is 4.68. The van der Waals surface area contributed by atoms with Crippen LogP contribution in [0.1, 0.15) is 43.5 Å². The third kappa shape index (κ3) is 6.12. The number of aromatic nitrogens is 1. The number of hydrogen-bond donors (Lipinski definition) is 0. The number of allylic oxidation sites excluding steroid dienone is 1. The van der Waals surface area contributed by atoms with E-state index in [-0.39, 0.29) is 21.4 Å². The van der Waals surface area contributed by atoms with E-state index in [9.17, 15) is 19.7 Å². The van der Waals surface area contributed by atoms with Gasteiger partial charge in [-0.1, -0.05) is 59.9 Å². The Bertz CT molecular complexity index is 1910. The number of hydrogen-bond acceptors (Lipinski definition) is 9. The lowest BCUT2D eigenvalue weighted by Crippen LogP contribution is -2.40. The first-order chi connectivity index (χ1) is 20.7. The average Bonchev–Trinajstić information content (AvgIpc) is 3.29. The number of carbonyl (C=O) groups is 1. The maximum Gasteiger partial charge on any atom is 0.338 e. The molecule has 3 aromatic carbocycles. The van der Waals surface area contributed by atoms with Gasteiger partial charge in [0, 0.05) is 6.07 Å². The lowest BCUT2D eigenvalue weighted by atomic mass is 9.95. The fourth-order valence-corrected chi connectivity index (χ4v) is 5.84. The number of ether oxygens (including phenoxy) is 3. The van der Waals surface area contributed by atoms with Crippen LogP contribution in [0.4, 0.5) is 5.69 Å². The van der Waals surface area contributed by atoms with Crippen molar-refractivity contribution in [3.63, 3.8) is 0 Å². The lowest BCUT2D eigenvalue weighted by Gasteiger charge is -2.26. The van der Waals surface area contributed by atoms with Gasteiger partial charge in [-0.3, -0.25) is 19.5 Å². The molecule has 10 nitrogen and oxygen atoms in total. The predicted molar refractivity (Wildman–Crippen MR) is 162 cm³/mol. The molecule has 0 fully saturated rings. The number of nitrogens with zero attached hydrogens (tertiary/aromatic N) is 3. The molecule has 0 bridgehead atoms. The molecule has 0 N–H and O–H groups in total. The van der Waals surface area contributed by atoms with E-state index in [1.165, 1.54) is 23.8 Å². The lowest BCUT2D eigenvalue weighted by molar-refractivity contribution is -0.385. The van der Waals surface area contributed by atoms with Crippen LogP contribution in [0.2, 0.25) is 0 Å². The molecule has 4 aromatic rings. The molecular formula is C32H29N3O7S. The van der Waals surface area contributed by atoms with Crippen LogP contribution in [-0.4, -0.2) is 28.7 Å². The highest BCUT2D eigenvalue weighted by Crippen LogP contribution is 2.36. The van der Waals surface area contributed by atoms with Gasteiger partial charge in [0.1, 0.15) is 6.61 Å². The number of nitro benzene ring substituents is 1. The molecule has 0 amide bonds. The number of fused-ring (bicyclic) bond motifs is 1. The Morgan fingerprint density at radius 3 is 2.51 bits per heavy atom. The first-order valence-corrected chi connectivity index (χ1v) is 14.3. The monoisotopic (exact) mass is 599 g/mol. The van der Waals surface area contributed by atoms with E-state index in [0.29, 0.717) is 34.2 Å². The average molecular weight is 600 g/mol. The van der Waals surface area contributed by atoms with Crippen molar-refractivity contribution in [1.82, 2.24) is 4.57 Å². The van der Waals surface area contributed by atoms with Gasteiger partial charge in [-0.25, -0.2) is 9.79 Å². The van der Waals surface area contributed by atoms with Gasteiger partial charge in [0.15, 0.2) is 16.3 Å². The fraction of sp³-hybridized carbons (Fsp3) is 0.219. The van der Waals surface area contributed by atoms with E-state index in [2.05, 4.69) is 4.99 Å². The summed E-state index contributed by atoms with van der Waals surface area (Å²) in [7, 11) is 1.52. The molecule has 0 saturated heterocycles. The molecular weight excluding hydrogens is 570 g/mol. The summed E-state index contributed by atoms with van der Waals surface area (Å²) in [6, 6.07) is 20.2. The Kier molecular flexibility index (Phi) is 8.53. The van der Waals surface area contributed by atoms with Crippen LogP contribution in [0.15, 0.2) is 93.9 Å². The van der Waals surface area contributed by atoms with Crippen molar-refractivity contribution in [1.29, 1.82) is 0 Å². The van der Waals surface area contributed by atoms with E-state index in [1.807, 2.05) is 30.3 Å². The molecule has 5 rings (SSSR count). The SMILES string of the molecule is COc1cc(C2C(C(=O)OC(C)C)=C(C)N=c3s/c(=C\c4ccccc4[N+](=O)[O-])c(=O)n32)ccc1OCc1ccccc1. The normalized spacial score (nSPS) is 14.7. The quantitative estimate of drug-likeness (QED) is 0.156. The highest BCUT2D eigenvalue weighted by Gasteiger charge is 2.34. The minimum Gasteiger partial charge on any atom is -0.493 e. The van der Waals surface area contributed by atoms with Crippen LogP contribution < -0.4 is 24.4 Å². The number of benzene rings is 3. The molecule has 43 heavy (non-hydrogen) atoms. The van der Waals surface area contributed by atoms with Gasteiger partial charge in [-0.15, -0.1) is 0 Å². The molecule has 0 radical (unpaired) electrons. The molecule has 0 saturated carbocycles. The molecule has 1 aliphatic rings. The Morgan fingerprint density at radius 1 is 1.09 bits per heavy atom. The summed E-state index contributed by atoms with van der Waals surface area (Å²) in [5, 5.41) is 11.6. The first kappa shape index (κ1) is 29.5. The van der Waals surface area contributed by atoms with Gasteiger partial charge >= 0.3 is 5.97 Å². The van der Waals surface area contributed by atoms with Gasteiger partial charge < -0.3 is 14.2 Å². The van der Waals surface area contributed by atoms with Crippen LogP contribution in [-0.2, 0) is 16.1 Å². The van der Waals surface area contributed by atoms with Crippen LogP contribution >= 0.6 is 11.3 Å². The van der Waals surface area contributed by atoms with E-state index in [1.54, 1.807) is 57.2 Å². The largest absolute Gasteiger partial charge is 0.493 e. The van der Waals surface area contributed by atoms with Crippen molar-refractivity contribution < 1.29 is 23.9 Å². The maximum atomic E-state index is 13.9. The van der Waals surface area contributed by atoms with E-state index >= 15 is 0 Å². The van der Waals surface area contributed by atoms with Crippen LogP contribution in [0.5, 0.6) is 11.5 Å². The number of thiazole rings is 1.